The van der Waals surface area contributed by atoms with Gasteiger partial charge in [0.15, 0.2) is 16.6 Å². The molecule has 0 radical (unpaired) electrons. The van der Waals surface area contributed by atoms with Crippen LogP contribution in [0.25, 0.3) is 0 Å². The summed E-state index contributed by atoms with van der Waals surface area (Å²) in [6, 6.07) is 21.7. The zero-order valence-electron chi connectivity index (χ0n) is 21.7. The van der Waals surface area contributed by atoms with Crippen LogP contribution < -0.4 is 25.0 Å². The highest BCUT2D eigenvalue weighted by Gasteiger charge is 2.06. The zero-order chi connectivity index (χ0) is 26.3. The van der Waals surface area contributed by atoms with Gasteiger partial charge in [-0.1, -0.05) is 36.4 Å². The summed E-state index contributed by atoms with van der Waals surface area (Å²) in [5, 5.41) is 7.78. The molecule has 0 unspecified atom stereocenters. The van der Waals surface area contributed by atoms with E-state index in [-0.39, 0.29) is 0 Å². The van der Waals surface area contributed by atoms with E-state index in [9.17, 15) is 0 Å². The molecule has 0 fully saturated rings. The van der Waals surface area contributed by atoms with Gasteiger partial charge in [0, 0.05) is 6.54 Å². The van der Waals surface area contributed by atoms with E-state index in [1.165, 1.54) is 11.1 Å². The SMILES string of the molecule is CCOc1cc(/C=N/NC(=S)NCc2ccccc2)ccc1OCCOCCOc1ccc(C)c(C)c1. The maximum atomic E-state index is 5.87. The third-order valence-corrected chi connectivity index (χ3v) is 5.64. The summed E-state index contributed by atoms with van der Waals surface area (Å²) in [7, 11) is 0. The van der Waals surface area contributed by atoms with Gasteiger partial charge in [-0.05, 0) is 85.6 Å². The Morgan fingerprint density at radius 1 is 0.838 bits per heavy atom. The molecule has 0 aromatic heterocycles. The number of ether oxygens (including phenoxy) is 4. The average molecular weight is 522 g/mol. The molecule has 2 N–H and O–H groups in total. The molecule has 0 saturated heterocycles. The molecule has 0 aliphatic rings. The molecule has 8 heteroatoms. The summed E-state index contributed by atoms with van der Waals surface area (Å²) in [5.74, 6) is 2.16. The van der Waals surface area contributed by atoms with E-state index in [2.05, 4.69) is 35.8 Å². The first-order chi connectivity index (χ1) is 18.0. The fraction of sp³-hybridized carbons (Fsp3) is 0.310. The highest BCUT2D eigenvalue weighted by atomic mass is 32.1. The number of benzene rings is 3. The molecule has 0 spiro atoms. The number of rotatable bonds is 14. The van der Waals surface area contributed by atoms with Crippen molar-refractivity contribution >= 4 is 23.5 Å². The lowest BCUT2D eigenvalue weighted by Gasteiger charge is -2.13. The summed E-state index contributed by atoms with van der Waals surface area (Å²) in [6.45, 7) is 9.06. The van der Waals surface area contributed by atoms with E-state index in [4.69, 9.17) is 31.2 Å². The Bertz CT molecular complexity index is 1160. The van der Waals surface area contributed by atoms with Crippen LogP contribution in [-0.2, 0) is 11.3 Å². The first-order valence-corrected chi connectivity index (χ1v) is 12.7. The molecule has 0 bridgehead atoms. The molecule has 0 saturated carbocycles. The van der Waals surface area contributed by atoms with Gasteiger partial charge in [0.2, 0.25) is 0 Å². The van der Waals surface area contributed by atoms with Crippen LogP contribution in [0.2, 0.25) is 0 Å². The van der Waals surface area contributed by atoms with Gasteiger partial charge in [-0.15, -0.1) is 0 Å². The van der Waals surface area contributed by atoms with E-state index in [0.717, 1.165) is 16.9 Å². The van der Waals surface area contributed by atoms with Gasteiger partial charge in [0.1, 0.15) is 19.0 Å². The fourth-order valence-electron chi connectivity index (χ4n) is 3.31. The second kappa shape index (κ2) is 15.5. The maximum Gasteiger partial charge on any atom is 0.187 e. The number of hydrogen-bond donors (Lipinski definition) is 2. The Labute approximate surface area is 224 Å². The largest absolute Gasteiger partial charge is 0.491 e. The first kappa shape index (κ1) is 28.0. The third kappa shape index (κ3) is 10.1. The van der Waals surface area contributed by atoms with Crippen LogP contribution in [0.3, 0.4) is 0 Å². The zero-order valence-corrected chi connectivity index (χ0v) is 22.5. The molecule has 0 aliphatic carbocycles. The van der Waals surface area contributed by atoms with Crippen molar-refractivity contribution in [1.82, 2.24) is 10.7 Å². The highest BCUT2D eigenvalue weighted by Crippen LogP contribution is 2.28. The van der Waals surface area contributed by atoms with Crippen molar-refractivity contribution in [2.45, 2.75) is 27.3 Å². The molecule has 7 nitrogen and oxygen atoms in total. The predicted molar refractivity (Wildman–Crippen MR) is 152 cm³/mol. The second-order valence-electron chi connectivity index (χ2n) is 8.23. The number of nitrogens with one attached hydrogen (secondary N) is 2. The summed E-state index contributed by atoms with van der Waals surface area (Å²) in [4.78, 5) is 0. The van der Waals surface area contributed by atoms with Crippen molar-refractivity contribution in [3.8, 4) is 17.2 Å². The van der Waals surface area contributed by atoms with Gasteiger partial charge < -0.3 is 24.3 Å². The molecule has 0 amide bonds. The molecule has 37 heavy (non-hydrogen) atoms. The van der Waals surface area contributed by atoms with Crippen molar-refractivity contribution in [3.63, 3.8) is 0 Å². The molecular weight excluding hydrogens is 486 g/mol. The van der Waals surface area contributed by atoms with E-state index >= 15 is 0 Å². The normalized spacial score (nSPS) is 10.8. The predicted octanol–water partition coefficient (Wildman–Crippen LogP) is 5.17. The van der Waals surface area contributed by atoms with Crippen molar-refractivity contribution < 1.29 is 18.9 Å². The van der Waals surface area contributed by atoms with Crippen LogP contribution >= 0.6 is 12.2 Å². The Morgan fingerprint density at radius 2 is 1.62 bits per heavy atom. The third-order valence-electron chi connectivity index (χ3n) is 5.40. The Hall–Kier alpha value is -3.62. The Kier molecular flexibility index (Phi) is 11.7. The van der Waals surface area contributed by atoms with Gasteiger partial charge in [-0.3, -0.25) is 5.43 Å². The van der Waals surface area contributed by atoms with E-state index in [0.29, 0.717) is 56.2 Å². The van der Waals surface area contributed by atoms with Gasteiger partial charge in [-0.2, -0.15) is 5.10 Å². The smallest absolute Gasteiger partial charge is 0.187 e. The highest BCUT2D eigenvalue weighted by molar-refractivity contribution is 7.80. The van der Waals surface area contributed by atoms with Gasteiger partial charge >= 0.3 is 0 Å². The topological polar surface area (TPSA) is 73.3 Å². The van der Waals surface area contributed by atoms with Crippen LogP contribution in [0.1, 0.15) is 29.2 Å². The minimum absolute atomic E-state index is 0.403. The Morgan fingerprint density at radius 3 is 2.38 bits per heavy atom. The van der Waals surface area contributed by atoms with Crippen molar-refractivity contribution in [1.29, 1.82) is 0 Å². The van der Waals surface area contributed by atoms with Crippen LogP contribution in [0.15, 0.2) is 71.8 Å². The van der Waals surface area contributed by atoms with E-state index in [1.807, 2.05) is 67.6 Å². The fourth-order valence-corrected chi connectivity index (χ4v) is 3.44. The maximum absolute atomic E-state index is 5.87. The van der Waals surface area contributed by atoms with Crippen LogP contribution in [0, 0.1) is 13.8 Å². The first-order valence-electron chi connectivity index (χ1n) is 12.3. The number of aryl methyl sites for hydroxylation is 2. The number of hydrogen-bond acceptors (Lipinski definition) is 6. The minimum atomic E-state index is 0.403. The van der Waals surface area contributed by atoms with E-state index in [1.54, 1.807) is 6.21 Å². The van der Waals surface area contributed by atoms with Gasteiger partial charge in [0.25, 0.3) is 0 Å². The Balaban J connectivity index is 1.37. The quantitative estimate of drug-likeness (QED) is 0.131. The monoisotopic (exact) mass is 521 g/mol. The van der Waals surface area contributed by atoms with Crippen LogP contribution in [0.4, 0.5) is 0 Å². The lowest BCUT2D eigenvalue weighted by Crippen LogP contribution is -2.31. The molecule has 3 aromatic rings. The van der Waals surface area contributed by atoms with Gasteiger partial charge in [0.05, 0.1) is 26.0 Å². The molecule has 196 valence electrons. The average Bonchev–Trinajstić information content (AvgIpc) is 2.90. The van der Waals surface area contributed by atoms with Gasteiger partial charge in [-0.25, -0.2) is 0 Å². The van der Waals surface area contributed by atoms with Crippen LogP contribution in [0.5, 0.6) is 17.2 Å². The lowest BCUT2D eigenvalue weighted by atomic mass is 10.1. The summed E-state index contributed by atoms with van der Waals surface area (Å²) in [5.41, 5.74) is 7.29. The molecule has 0 heterocycles. The second-order valence-corrected chi connectivity index (χ2v) is 8.64. The molecular formula is C29H35N3O4S. The van der Waals surface area contributed by atoms with Crippen molar-refractivity contribution in [3.05, 3.63) is 89.0 Å². The molecule has 3 aromatic carbocycles. The number of hydrazone groups is 1. The number of thiocarbonyl (C=S) groups is 1. The number of nitrogens with zero attached hydrogens (tertiary/aromatic N) is 1. The van der Waals surface area contributed by atoms with Crippen molar-refractivity contribution in [2.75, 3.05) is 33.0 Å². The molecule has 0 aliphatic heterocycles. The lowest BCUT2D eigenvalue weighted by molar-refractivity contribution is 0.0755. The molecule has 3 rings (SSSR count). The van der Waals surface area contributed by atoms with E-state index < -0.39 is 0 Å². The summed E-state index contributed by atoms with van der Waals surface area (Å²) < 4.78 is 23.0. The standard InChI is InChI=1S/C29H35N3O4S/c1-4-34-28-19-25(21-31-32-29(37)30-20-24-8-6-5-7-9-24)11-13-27(28)36-17-15-33-14-16-35-26-12-10-22(2)23(3)18-26/h5-13,18-19,21H,4,14-17,20H2,1-3H3,(H2,30,32,37)/b31-21+. The molecule has 0 atom stereocenters. The summed E-state index contributed by atoms with van der Waals surface area (Å²) >= 11 is 5.28. The van der Waals surface area contributed by atoms with Crippen LogP contribution in [-0.4, -0.2) is 44.4 Å². The summed E-state index contributed by atoms with van der Waals surface area (Å²) in [6.07, 6.45) is 1.68. The van der Waals surface area contributed by atoms with Crippen molar-refractivity contribution in [2.24, 2.45) is 5.10 Å². The minimum Gasteiger partial charge on any atom is -0.491 e.